The van der Waals surface area contributed by atoms with Crippen molar-refractivity contribution in [3.05, 3.63) is 59.1 Å². The van der Waals surface area contributed by atoms with Gasteiger partial charge in [-0.25, -0.2) is 0 Å². The van der Waals surface area contributed by atoms with Crippen molar-refractivity contribution in [3.8, 4) is 5.75 Å². The molecule has 0 aliphatic rings. The van der Waals surface area contributed by atoms with E-state index in [9.17, 15) is 18.1 Å². The topological polar surface area (TPSA) is 99.3 Å². The molecule has 6 nitrogen and oxygen atoms in total. The van der Waals surface area contributed by atoms with E-state index in [1.165, 1.54) is 18.2 Å². The Kier molecular flexibility index (Phi) is 6.65. The number of phenols is 1. The van der Waals surface area contributed by atoms with Crippen LogP contribution in [0, 0.1) is 6.92 Å². The van der Waals surface area contributed by atoms with Crippen molar-refractivity contribution in [2.75, 3.05) is 0 Å². The van der Waals surface area contributed by atoms with Crippen molar-refractivity contribution in [2.45, 2.75) is 11.8 Å². The van der Waals surface area contributed by atoms with Crippen LogP contribution < -0.4 is 0 Å². The number of hydrogen-bond acceptors (Lipinski definition) is 5. The van der Waals surface area contributed by atoms with Crippen molar-refractivity contribution in [3.63, 3.8) is 0 Å². The Labute approximate surface area is 185 Å². The molecule has 2 N–H and O–H groups in total. The molecule has 3 aromatic carbocycles. The summed E-state index contributed by atoms with van der Waals surface area (Å²) in [6.07, 6.45) is 0. The SMILES string of the molecule is Cc1cc(S(=O)(=O)O)c(N=Nc2c(O)ccc3ccccc23)cc1Cl.[Ca]. The Morgan fingerprint density at radius 1 is 1.04 bits per heavy atom. The van der Waals surface area contributed by atoms with Gasteiger partial charge in [0.15, 0.2) is 0 Å². The summed E-state index contributed by atoms with van der Waals surface area (Å²) in [4.78, 5) is -0.405. The standard InChI is InChI=1S/C17H13ClN2O4S.Ca/c1-10-8-16(25(22,23)24)14(9-13(10)18)19-20-17-12-5-3-2-4-11(12)6-7-15(17)21;/h2-9,21H,1H3,(H,22,23,24);. The minimum absolute atomic E-state index is 0. The second kappa shape index (κ2) is 8.21. The summed E-state index contributed by atoms with van der Waals surface area (Å²) in [5.74, 6) is -0.103. The number of hydrogen-bond donors (Lipinski definition) is 2. The molecule has 0 aliphatic heterocycles. The quantitative estimate of drug-likeness (QED) is 0.364. The van der Waals surface area contributed by atoms with Crippen LogP contribution in [0.3, 0.4) is 0 Å². The molecule has 0 saturated carbocycles. The smallest absolute Gasteiger partial charge is 0.296 e. The largest absolute Gasteiger partial charge is 0.506 e. The van der Waals surface area contributed by atoms with Gasteiger partial charge in [0.05, 0.1) is 0 Å². The summed E-state index contributed by atoms with van der Waals surface area (Å²) in [6, 6.07) is 13.0. The molecule has 0 bridgehead atoms. The van der Waals surface area contributed by atoms with E-state index >= 15 is 0 Å². The fraction of sp³-hybridized carbons (Fsp3) is 0.0588. The molecule has 3 rings (SSSR count). The van der Waals surface area contributed by atoms with Gasteiger partial charge in [-0.05, 0) is 36.1 Å². The first-order chi connectivity index (χ1) is 11.8. The third kappa shape index (κ3) is 4.36. The molecule has 0 unspecified atom stereocenters. The van der Waals surface area contributed by atoms with Gasteiger partial charge in [-0.2, -0.15) is 8.42 Å². The summed E-state index contributed by atoms with van der Waals surface area (Å²) in [5.41, 5.74) is 0.544. The number of phenolic OH excluding ortho intramolecular Hbond substituents is 1. The van der Waals surface area contributed by atoms with E-state index in [2.05, 4.69) is 10.2 Å². The number of benzene rings is 3. The van der Waals surface area contributed by atoms with E-state index < -0.39 is 15.0 Å². The number of fused-ring (bicyclic) bond motifs is 1. The summed E-state index contributed by atoms with van der Waals surface area (Å²) in [7, 11) is -4.50. The molecule has 0 amide bonds. The zero-order chi connectivity index (χ0) is 18.2. The van der Waals surface area contributed by atoms with E-state index in [1.54, 1.807) is 25.1 Å². The summed E-state index contributed by atoms with van der Waals surface area (Å²) in [6.45, 7) is 1.61. The molecule has 0 aliphatic carbocycles. The van der Waals surface area contributed by atoms with Crippen molar-refractivity contribution >= 4 is 81.6 Å². The van der Waals surface area contributed by atoms with Crippen LogP contribution in [0.15, 0.2) is 63.7 Å². The van der Waals surface area contributed by atoms with E-state index in [0.717, 1.165) is 5.39 Å². The monoisotopic (exact) mass is 416 g/mol. The van der Waals surface area contributed by atoms with Gasteiger partial charge in [0.25, 0.3) is 10.1 Å². The Balaban J connectivity index is 0.00000243. The molecule has 0 fully saturated rings. The molecule has 0 aromatic heterocycles. The van der Waals surface area contributed by atoms with Crippen LogP contribution in [0.2, 0.25) is 5.02 Å². The average Bonchev–Trinajstić information content (AvgIpc) is 2.55. The Morgan fingerprint density at radius 2 is 1.73 bits per heavy atom. The maximum absolute atomic E-state index is 11.6. The molecular formula is C17H13CaClN2O4S. The van der Waals surface area contributed by atoms with E-state index in [1.807, 2.05) is 12.1 Å². The number of aryl methyl sites for hydroxylation is 1. The summed E-state index contributed by atoms with van der Waals surface area (Å²) >= 11 is 6.02. The van der Waals surface area contributed by atoms with Gasteiger partial charge in [0.1, 0.15) is 22.0 Å². The molecule has 0 saturated heterocycles. The van der Waals surface area contributed by atoms with Crippen molar-refractivity contribution < 1.29 is 18.1 Å². The normalized spacial score (nSPS) is 11.7. The van der Waals surface area contributed by atoms with Crippen molar-refractivity contribution in [2.24, 2.45) is 10.2 Å². The maximum Gasteiger partial charge on any atom is 0.296 e. The number of rotatable bonds is 3. The third-order valence-electron chi connectivity index (χ3n) is 3.66. The van der Waals surface area contributed by atoms with Gasteiger partial charge < -0.3 is 5.11 Å². The zero-order valence-corrected chi connectivity index (χ0v) is 17.5. The van der Waals surface area contributed by atoms with E-state index in [0.29, 0.717) is 10.9 Å². The van der Waals surface area contributed by atoms with Gasteiger partial charge in [0, 0.05) is 48.1 Å². The van der Waals surface area contributed by atoms with Gasteiger partial charge in [-0.15, -0.1) is 10.2 Å². The maximum atomic E-state index is 11.6. The number of azo groups is 1. The molecule has 9 heteroatoms. The van der Waals surface area contributed by atoms with Crippen molar-refractivity contribution in [1.82, 2.24) is 0 Å². The van der Waals surface area contributed by atoms with E-state index in [4.69, 9.17) is 11.6 Å². The second-order valence-corrected chi connectivity index (χ2v) is 7.20. The molecule has 0 heterocycles. The molecule has 0 spiro atoms. The number of nitrogens with zero attached hydrogens (tertiary/aromatic N) is 2. The fourth-order valence-corrected chi connectivity index (χ4v) is 3.23. The zero-order valence-electron chi connectivity index (χ0n) is 13.7. The second-order valence-electron chi connectivity index (χ2n) is 5.40. The van der Waals surface area contributed by atoms with Crippen LogP contribution in [-0.4, -0.2) is 55.8 Å². The minimum Gasteiger partial charge on any atom is -0.506 e. The van der Waals surface area contributed by atoms with Gasteiger partial charge >= 0.3 is 0 Å². The molecule has 26 heavy (non-hydrogen) atoms. The third-order valence-corrected chi connectivity index (χ3v) is 4.95. The van der Waals surface area contributed by atoms with Gasteiger partial charge in [0.2, 0.25) is 0 Å². The van der Waals surface area contributed by atoms with Crippen molar-refractivity contribution in [1.29, 1.82) is 0 Å². The Bertz CT molecular complexity index is 1120. The van der Waals surface area contributed by atoms with Gasteiger partial charge in [-0.1, -0.05) is 41.9 Å². The van der Waals surface area contributed by atoms with Gasteiger partial charge in [-0.3, -0.25) is 4.55 Å². The number of halogens is 1. The summed E-state index contributed by atoms with van der Waals surface area (Å²) in [5, 5.41) is 19.7. The predicted molar refractivity (Wildman–Crippen MR) is 102 cm³/mol. The van der Waals surface area contributed by atoms with Crippen LogP contribution >= 0.6 is 11.6 Å². The van der Waals surface area contributed by atoms with Crippen LogP contribution in [0.5, 0.6) is 5.75 Å². The Morgan fingerprint density at radius 3 is 2.42 bits per heavy atom. The minimum atomic E-state index is -4.50. The Hall–Kier alpha value is -1.22. The van der Waals surface area contributed by atoms with Crippen LogP contribution in [-0.2, 0) is 10.1 Å². The molecular weight excluding hydrogens is 404 g/mol. The van der Waals surface area contributed by atoms with Crippen LogP contribution in [0.25, 0.3) is 10.8 Å². The number of aromatic hydroxyl groups is 1. The first-order valence-electron chi connectivity index (χ1n) is 7.17. The molecule has 0 atom stereocenters. The predicted octanol–water partition coefficient (Wildman–Crippen LogP) is 4.79. The molecule has 130 valence electrons. The first kappa shape index (κ1) is 21.1. The average molecular weight is 417 g/mol. The summed E-state index contributed by atoms with van der Waals surface area (Å²) < 4.78 is 32.5. The van der Waals surface area contributed by atoms with Crippen LogP contribution in [0.1, 0.15) is 5.56 Å². The van der Waals surface area contributed by atoms with Crippen LogP contribution in [0.4, 0.5) is 11.4 Å². The first-order valence-corrected chi connectivity index (χ1v) is 8.99. The van der Waals surface area contributed by atoms with E-state index in [-0.39, 0.29) is 59.9 Å². The fourth-order valence-electron chi connectivity index (χ4n) is 2.38. The molecule has 2 radical (unpaired) electrons. The molecule has 3 aromatic rings.